The van der Waals surface area contributed by atoms with Crippen LogP contribution in [0.1, 0.15) is 24.4 Å². The molecule has 1 saturated heterocycles. The van der Waals surface area contributed by atoms with Crippen molar-refractivity contribution in [3.63, 3.8) is 0 Å². The van der Waals surface area contributed by atoms with Gasteiger partial charge in [-0.25, -0.2) is 23.3 Å². The van der Waals surface area contributed by atoms with E-state index in [9.17, 15) is 8.78 Å². The number of para-hydroxylation sites is 1. The summed E-state index contributed by atoms with van der Waals surface area (Å²) < 4.78 is 41.3. The van der Waals surface area contributed by atoms with Crippen LogP contribution in [-0.4, -0.2) is 33.2 Å². The van der Waals surface area contributed by atoms with Crippen molar-refractivity contribution in [3.8, 4) is 17.2 Å². The Morgan fingerprint density at radius 1 is 1.12 bits per heavy atom. The van der Waals surface area contributed by atoms with Gasteiger partial charge in [0, 0.05) is 18.3 Å². The minimum atomic E-state index is -0.453. The summed E-state index contributed by atoms with van der Waals surface area (Å²) in [6, 6.07) is 10.6. The Balaban J connectivity index is 1.43. The topological polar surface area (TPSA) is 68.7 Å². The van der Waals surface area contributed by atoms with Crippen LogP contribution in [0.25, 0.3) is 28.2 Å². The number of benzene rings is 2. The average molecular weight is 447 g/mol. The van der Waals surface area contributed by atoms with Crippen LogP contribution in [0.5, 0.6) is 5.75 Å². The summed E-state index contributed by atoms with van der Waals surface area (Å²) in [6.45, 7) is 0.688. The lowest BCUT2D eigenvalue weighted by Gasteiger charge is -2.26. The van der Waals surface area contributed by atoms with Crippen molar-refractivity contribution in [2.75, 3.05) is 18.6 Å². The predicted octanol–water partition coefficient (Wildman–Crippen LogP) is 5.17. The molecule has 0 spiro atoms. The standard InChI is InChI=1S/C24H19F2N5O2/c1-32-19-5-2-6-20-22(19)29-24(33-20)16-13-27-31-11-9-21(28-23(16)31)30-10-3-4-18(30)15-12-14(25)7-8-17(15)26/h2,5-9,11-13,18H,3-4,10H2,1H3/t18-/m1/s1. The summed E-state index contributed by atoms with van der Waals surface area (Å²) in [5, 5.41) is 4.37. The van der Waals surface area contributed by atoms with Crippen molar-refractivity contribution in [1.29, 1.82) is 0 Å². The van der Waals surface area contributed by atoms with E-state index in [-0.39, 0.29) is 6.04 Å². The lowest BCUT2D eigenvalue weighted by Crippen LogP contribution is -2.24. The first-order chi connectivity index (χ1) is 16.1. The van der Waals surface area contributed by atoms with E-state index >= 15 is 0 Å². The van der Waals surface area contributed by atoms with Crippen molar-refractivity contribution < 1.29 is 17.9 Å². The molecule has 6 rings (SSSR count). The smallest absolute Gasteiger partial charge is 0.232 e. The number of oxazole rings is 1. The fourth-order valence-corrected chi connectivity index (χ4v) is 4.51. The number of hydrogen-bond donors (Lipinski definition) is 0. The van der Waals surface area contributed by atoms with Crippen LogP contribution in [0.15, 0.2) is 59.3 Å². The van der Waals surface area contributed by atoms with Gasteiger partial charge in [-0.05, 0) is 49.2 Å². The summed E-state index contributed by atoms with van der Waals surface area (Å²) in [4.78, 5) is 11.4. The number of halogens is 2. The lowest BCUT2D eigenvalue weighted by molar-refractivity contribution is 0.419. The van der Waals surface area contributed by atoms with Gasteiger partial charge in [0.15, 0.2) is 16.7 Å². The zero-order chi connectivity index (χ0) is 22.5. The fourth-order valence-electron chi connectivity index (χ4n) is 4.51. The maximum Gasteiger partial charge on any atom is 0.232 e. The molecule has 33 heavy (non-hydrogen) atoms. The Bertz CT molecular complexity index is 1500. The normalized spacial score (nSPS) is 16.2. The molecule has 7 nitrogen and oxygen atoms in total. The van der Waals surface area contributed by atoms with Crippen molar-refractivity contribution >= 4 is 22.6 Å². The van der Waals surface area contributed by atoms with E-state index in [4.69, 9.17) is 14.1 Å². The number of anilines is 1. The summed E-state index contributed by atoms with van der Waals surface area (Å²) in [7, 11) is 1.58. The molecule has 0 saturated carbocycles. The molecule has 1 atom stereocenters. The van der Waals surface area contributed by atoms with E-state index in [0.29, 0.717) is 58.3 Å². The molecular formula is C24H19F2N5O2. The molecule has 2 aromatic carbocycles. The van der Waals surface area contributed by atoms with Gasteiger partial charge in [-0.1, -0.05) is 6.07 Å². The lowest BCUT2D eigenvalue weighted by atomic mass is 10.0. The highest BCUT2D eigenvalue weighted by molar-refractivity contribution is 5.84. The maximum atomic E-state index is 14.5. The predicted molar refractivity (Wildman–Crippen MR) is 118 cm³/mol. The minimum absolute atomic E-state index is 0.296. The SMILES string of the molecule is COc1cccc2oc(-c3cnn4ccc(N5CCC[C@@H]5c5cc(F)ccc5F)nc34)nc12. The molecular weight excluding hydrogens is 428 g/mol. The van der Waals surface area contributed by atoms with Crippen LogP contribution in [-0.2, 0) is 0 Å². The van der Waals surface area contributed by atoms with Crippen LogP contribution >= 0.6 is 0 Å². The van der Waals surface area contributed by atoms with Crippen molar-refractivity contribution in [2.24, 2.45) is 0 Å². The molecule has 3 aromatic heterocycles. The average Bonchev–Trinajstić information content (AvgIpc) is 3.57. The van der Waals surface area contributed by atoms with Gasteiger partial charge in [0.1, 0.15) is 28.8 Å². The van der Waals surface area contributed by atoms with Gasteiger partial charge in [0.2, 0.25) is 5.89 Å². The highest BCUT2D eigenvalue weighted by Gasteiger charge is 2.30. The second-order valence-corrected chi connectivity index (χ2v) is 7.96. The third-order valence-electron chi connectivity index (χ3n) is 6.05. The van der Waals surface area contributed by atoms with Crippen LogP contribution in [0.3, 0.4) is 0 Å². The Morgan fingerprint density at radius 2 is 2.03 bits per heavy atom. The third-order valence-corrected chi connectivity index (χ3v) is 6.05. The quantitative estimate of drug-likeness (QED) is 0.379. The van der Waals surface area contributed by atoms with Crippen LogP contribution in [0, 0.1) is 11.6 Å². The fraction of sp³-hybridized carbons (Fsp3) is 0.208. The van der Waals surface area contributed by atoms with Crippen molar-refractivity contribution in [1.82, 2.24) is 19.6 Å². The number of hydrogen-bond acceptors (Lipinski definition) is 6. The van der Waals surface area contributed by atoms with Gasteiger partial charge in [-0.3, -0.25) is 0 Å². The number of methoxy groups -OCH3 is 1. The van der Waals surface area contributed by atoms with Crippen LogP contribution in [0.2, 0.25) is 0 Å². The van der Waals surface area contributed by atoms with E-state index < -0.39 is 11.6 Å². The van der Waals surface area contributed by atoms with Crippen molar-refractivity contribution in [2.45, 2.75) is 18.9 Å². The molecule has 0 unspecified atom stereocenters. The molecule has 0 amide bonds. The van der Waals surface area contributed by atoms with Gasteiger partial charge in [0.25, 0.3) is 0 Å². The first kappa shape index (κ1) is 19.7. The van der Waals surface area contributed by atoms with Crippen LogP contribution in [0.4, 0.5) is 14.6 Å². The monoisotopic (exact) mass is 447 g/mol. The summed E-state index contributed by atoms with van der Waals surface area (Å²) >= 11 is 0. The molecule has 1 aliphatic heterocycles. The number of fused-ring (bicyclic) bond motifs is 2. The number of nitrogens with zero attached hydrogens (tertiary/aromatic N) is 5. The van der Waals surface area contributed by atoms with Gasteiger partial charge in [0.05, 0.1) is 19.3 Å². The summed E-state index contributed by atoms with van der Waals surface area (Å²) in [5.41, 5.74) is 2.74. The molecule has 1 aliphatic rings. The van der Waals surface area contributed by atoms with Gasteiger partial charge >= 0.3 is 0 Å². The second kappa shape index (κ2) is 7.54. The van der Waals surface area contributed by atoms with Crippen molar-refractivity contribution in [3.05, 3.63) is 72.1 Å². The summed E-state index contributed by atoms with van der Waals surface area (Å²) in [6.07, 6.45) is 5.01. The molecule has 4 heterocycles. The molecule has 0 aliphatic carbocycles. The highest BCUT2D eigenvalue weighted by atomic mass is 19.1. The Morgan fingerprint density at radius 3 is 2.91 bits per heavy atom. The number of ether oxygens (including phenoxy) is 1. The first-order valence-corrected chi connectivity index (χ1v) is 10.6. The Kier molecular flexibility index (Phi) is 4.49. The first-order valence-electron chi connectivity index (χ1n) is 10.6. The van der Waals surface area contributed by atoms with E-state index in [1.807, 2.05) is 29.2 Å². The molecule has 0 N–H and O–H groups in total. The molecule has 1 fully saturated rings. The molecule has 9 heteroatoms. The second-order valence-electron chi connectivity index (χ2n) is 7.96. The van der Waals surface area contributed by atoms with E-state index in [1.165, 1.54) is 12.1 Å². The van der Waals surface area contributed by atoms with E-state index in [0.717, 1.165) is 12.5 Å². The number of aromatic nitrogens is 4. The number of rotatable bonds is 4. The third kappa shape index (κ3) is 3.19. The zero-order valence-electron chi connectivity index (χ0n) is 17.7. The van der Waals surface area contributed by atoms with Gasteiger partial charge in [-0.2, -0.15) is 5.10 Å². The Labute approximate surface area is 187 Å². The van der Waals surface area contributed by atoms with Gasteiger partial charge < -0.3 is 14.1 Å². The molecule has 166 valence electrons. The highest BCUT2D eigenvalue weighted by Crippen LogP contribution is 2.38. The maximum absolute atomic E-state index is 14.5. The molecule has 5 aromatic rings. The van der Waals surface area contributed by atoms with Crippen LogP contribution < -0.4 is 9.64 Å². The molecule has 0 radical (unpaired) electrons. The van der Waals surface area contributed by atoms with E-state index in [2.05, 4.69) is 10.1 Å². The zero-order valence-corrected chi connectivity index (χ0v) is 17.7. The Hall–Kier alpha value is -4.01. The van der Waals surface area contributed by atoms with E-state index in [1.54, 1.807) is 24.0 Å². The summed E-state index contributed by atoms with van der Waals surface area (Å²) in [5.74, 6) is 0.781. The van der Waals surface area contributed by atoms with Gasteiger partial charge in [-0.15, -0.1) is 0 Å². The largest absolute Gasteiger partial charge is 0.494 e. The molecule has 0 bridgehead atoms. The minimum Gasteiger partial charge on any atom is -0.494 e.